The van der Waals surface area contributed by atoms with Crippen molar-refractivity contribution < 1.29 is 14.3 Å². The van der Waals surface area contributed by atoms with E-state index in [-0.39, 0.29) is 21.4 Å². The number of hydrogen-bond donors (Lipinski definition) is 1. The molecule has 0 atom stereocenters. The van der Waals surface area contributed by atoms with Crippen LogP contribution in [0.25, 0.3) is 10.9 Å². The molecule has 1 aromatic heterocycles. The highest BCUT2D eigenvalue weighted by molar-refractivity contribution is 6.40. The van der Waals surface area contributed by atoms with Crippen LogP contribution in [-0.4, -0.2) is 34.6 Å². The van der Waals surface area contributed by atoms with Gasteiger partial charge in [0.25, 0.3) is 5.91 Å². The summed E-state index contributed by atoms with van der Waals surface area (Å²) in [6.45, 7) is 9.56. The molecule has 0 saturated heterocycles. The van der Waals surface area contributed by atoms with Gasteiger partial charge >= 0.3 is 6.09 Å². The van der Waals surface area contributed by atoms with Gasteiger partial charge in [-0.25, -0.2) is 4.79 Å². The number of benzene rings is 3. The maximum Gasteiger partial charge on any atom is 0.415 e. The van der Waals surface area contributed by atoms with Gasteiger partial charge in [-0.2, -0.15) is 0 Å². The average molecular weight is 538 g/mol. The molecule has 6 nitrogen and oxygen atoms in total. The Labute approximate surface area is 226 Å². The molecule has 2 amide bonds. The maximum atomic E-state index is 13.3. The lowest BCUT2D eigenvalue weighted by molar-refractivity contribution is 0.102. The van der Waals surface area contributed by atoms with Crippen LogP contribution in [0.4, 0.5) is 10.5 Å². The minimum absolute atomic E-state index is 0.151. The number of nitrogens with zero attached hydrogens (tertiary/aromatic N) is 2. The number of aromatic nitrogens is 1. The highest BCUT2D eigenvalue weighted by Gasteiger charge is 2.22. The predicted molar refractivity (Wildman–Crippen MR) is 150 cm³/mol. The fraction of sp³-hybridized carbons (Fsp3) is 0.241. The second-order valence-corrected chi connectivity index (χ2v) is 9.72. The number of carbonyl (C=O) groups excluding carboxylic acids is 2. The third-order valence-electron chi connectivity index (χ3n) is 6.20. The number of anilines is 1. The summed E-state index contributed by atoms with van der Waals surface area (Å²) in [5.74, 6) is -0.254. The van der Waals surface area contributed by atoms with Gasteiger partial charge < -0.3 is 19.5 Å². The smallest absolute Gasteiger partial charge is 0.408 e. The fourth-order valence-electron chi connectivity index (χ4n) is 4.49. The zero-order valence-electron chi connectivity index (χ0n) is 21.3. The third kappa shape index (κ3) is 5.76. The summed E-state index contributed by atoms with van der Waals surface area (Å²) in [7, 11) is 0. The third-order valence-corrected chi connectivity index (χ3v) is 6.83. The first-order chi connectivity index (χ1) is 17.7. The van der Waals surface area contributed by atoms with E-state index in [2.05, 4.69) is 41.9 Å². The number of fused-ring (bicyclic) bond motifs is 1. The number of hydrogen-bond acceptors (Lipinski definition) is 3. The molecule has 1 heterocycles. The Balaban J connectivity index is 1.78. The molecule has 0 aliphatic rings. The van der Waals surface area contributed by atoms with Crippen LogP contribution in [0.1, 0.15) is 40.9 Å². The lowest BCUT2D eigenvalue weighted by Crippen LogP contribution is -2.33. The molecule has 0 radical (unpaired) electrons. The molecule has 0 aliphatic heterocycles. The highest BCUT2D eigenvalue weighted by atomic mass is 35.5. The molecule has 0 spiro atoms. The van der Waals surface area contributed by atoms with Gasteiger partial charge in [0, 0.05) is 31.2 Å². The number of halogens is 2. The molecule has 37 heavy (non-hydrogen) atoms. The number of carbonyl (C=O) groups is 2. The number of ether oxygens (including phenoxy) is 1. The summed E-state index contributed by atoms with van der Waals surface area (Å²) in [6.07, 6.45) is 1.46. The molecular weight excluding hydrogens is 509 g/mol. The second kappa shape index (κ2) is 11.3. The van der Waals surface area contributed by atoms with Gasteiger partial charge in [0.2, 0.25) is 0 Å². The molecular formula is C29H29Cl2N3O3. The van der Waals surface area contributed by atoms with Crippen molar-refractivity contribution in [2.75, 3.05) is 18.4 Å². The summed E-state index contributed by atoms with van der Waals surface area (Å²) < 4.78 is 7.85. The first-order valence-corrected chi connectivity index (χ1v) is 12.9. The van der Waals surface area contributed by atoms with Gasteiger partial charge in [-0.15, -0.1) is 0 Å². The van der Waals surface area contributed by atoms with Crippen molar-refractivity contribution in [2.45, 2.75) is 34.2 Å². The summed E-state index contributed by atoms with van der Waals surface area (Å²) in [5.41, 5.74) is 4.96. The fourth-order valence-corrected chi connectivity index (χ4v) is 5.06. The molecule has 0 unspecified atom stereocenters. The van der Waals surface area contributed by atoms with Crippen molar-refractivity contribution in [3.05, 3.63) is 93.1 Å². The van der Waals surface area contributed by atoms with E-state index in [1.54, 1.807) is 29.2 Å². The van der Waals surface area contributed by atoms with E-state index in [0.29, 0.717) is 25.3 Å². The second-order valence-electron chi connectivity index (χ2n) is 8.90. The Morgan fingerprint density at radius 2 is 1.59 bits per heavy atom. The highest BCUT2D eigenvalue weighted by Crippen LogP contribution is 2.36. The normalized spacial score (nSPS) is 11.0. The van der Waals surface area contributed by atoms with Crippen LogP contribution in [0, 0.1) is 13.8 Å². The molecule has 192 valence electrons. The standard InChI is InChI=1S/C29H29Cl2N3O3/c1-5-33(6-2)29(36)37-25-11-10-24-21(12-13-34(24)17-20-15-18(3)14-19(4)16-20)27(25)32-28(35)26-22(30)8-7-9-23(26)31/h7-16H,5-6,17H2,1-4H3,(H,32,35). The van der Waals surface area contributed by atoms with Crippen LogP contribution < -0.4 is 10.1 Å². The van der Waals surface area contributed by atoms with Crippen LogP contribution in [0.3, 0.4) is 0 Å². The largest absolute Gasteiger partial charge is 0.415 e. The monoisotopic (exact) mass is 537 g/mol. The summed E-state index contributed by atoms with van der Waals surface area (Å²) in [6, 6.07) is 16.8. The van der Waals surface area contributed by atoms with E-state index in [9.17, 15) is 9.59 Å². The van der Waals surface area contributed by atoms with E-state index >= 15 is 0 Å². The summed E-state index contributed by atoms with van der Waals surface area (Å²) >= 11 is 12.6. The Kier molecular flexibility index (Phi) is 8.10. The molecule has 0 bridgehead atoms. The first-order valence-electron chi connectivity index (χ1n) is 12.1. The van der Waals surface area contributed by atoms with E-state index < -0.39 is 12.0 Å². The molecule has 0 saturated carbocycles. The molecule has 4 aromatic rings. The van der Waals surface area contributed by atoms with Gasteiger partial charge in [-0.05, 0) is 63.6 Å². The first kappa shape index (κ1) is 26.6. The number of amides is 2. The van der Waals surface area contributed by atoms with E-state index in [1.165, 1.54) is 16.7 Å². The number of nitrogens with one attached hydrogen (secondary N) is 1. The maximum absolute atomic E-state index is 13.3. The molecule has 0 fully saturated rings. The van der Waals surface area contributed by atoms with Crippen LogP contribution in [0.2, 0.25) is 10.0 Å². The predicted octanol–water partition coefficient (Wildman–Crippen LogP) is 7.71. The van der Waals surface area contributed by atoms with Crippen LogP contribution in [0.5, 0.6) is 5.75 Å². The van der Waals surface area contributed by atoms with Crippen LogP contribution >= 0.6 is 23.2 Å². The minimum Gasteiger partial charge on any atom is -0.408 e. The molecule has 8 heteroatoms. The van der Waals surface area contributed by atoms with Crippen LogP contribution in [-0.2, 0) is 6.54 Å². The molecule has 0 aliphatic carbocycles. The SMILES string of the molecule is CCN(CC)C(=O)Oc1ccc2c(ccn2Cc2cc(C)cc(C)c2)c1NC(=O)c1c(Cl)cccc1Cl. The average Bonchev–Trinajstić information content (AvgIpc) is 3.23. The lowest BCUT2D eigenvalue weighted by atomic mass is 10.1. The summed E-state index contributed by atoms with van der Waals surface area (Å²) in [5, 5.41) is 4.09. The Hall–Kier alpha value is -3.48. The Bertz CT molecular complexity index is 1430. The van der Waals surface area contributed by atoms with Gasteiger partial charge in [0.1, 0.15) is 0 Å². The van der Waals surface area contributed by atoms with Crippen molar-refractivity contribution in [3.63, 3.8) is 0 Å². The van der Waals surface area contributed by atoms with Crippen LogP contribution in [0.15, 0.2) is 60.8 Å². The van der Waals surface area contributed by atoms with E-state index in [0.717, 1.165) is 10.9 Å². The number of aryl methyl sites for hydroxylation is 2. The van der Waals surface area contributed by atoms with Gasteiger partial charge in [-0.3, -0.25) is 4.79 Å². The van der Waals surface area contributed by atoms with Crippen molar-refractivity contribution in [1.29, 1.82) is 0 Å². The van der Waals surface area contributed by atoms with Crippen molar-refractivity contribution >= 4 is 51.8 Å². The zero-order chi connectivity index (χ0) is 26.7. The van der Waals surface area contributed by atoms with Crippen molar-refractivity contribution in [2.24, 2.45) is 0 Å². The molecule has 3 aromatic carbocycles. The Morgan fingerprint density at radius 3 is 2.22 bits per heavy atom. The van der Waals surface area contributed by atoms with E-state index in [4.69, 9.17) is 27.9 Å². The molecule has 1 N–H and O–H groups in total. The zero-order valence-corrected chi connectivity index (χ0v) is 22.8. The van der Waals surface area contributed by atoms with Crippen molar-refractivity contribution in [1.82, 2.24) is 9.47 Å². The molecule has 4 rings (SSSR count). The van der Waals surface area contributed by atoms with Gasteiger partial charge in [0.15, 0.2) is 5.75 Å². The minimum atomic E-state index is -0.495. The quantitative estimate of drug-likeness (QED) is 0.262. The summed E-state index contributed by atoms with van der Waals surface area (Å²) in [4.78, 5) is 27.7. The van der Waals surface area contributed by atoms with E-state index in [1.807, 2.05) is 32.2 Å². The topological polar surface area (TPSA) is 63.6 Å². The Morgan fingerprint density at radius 1 is 0.946 bits per heavy atom. The van der Waals surface area contributed by atoms with Gasteiger partial charge in [-0.1, -0.05) is 58.6 Å². The van der Waals surface area contributed by atoms with Crippen molar-refractivity contribution in [3.8, 4) is 5.75 Å². The van der Waals surface area contributed by atoms with Gasteiger partial charge in [0.05, 0.1) is 26.8 Å². The lowest BCUT2D eigenvalue weighted by Gasteiger charge is -2.20. The number of rotatable bonds is 7.